The second-order valence-electron chi connectivity index (χ2n) is 5.12. The fourth-order valence-electron chi connectivity index (χ4n) is 1.88. The molecule has 0 heterocycles. The Morgan fingerprint density at radius 2 is 1.81 bits per heavy atom. The van der Waals surface area contributed by atoms with Gasteiger partial charge in [0.1, 0.15) is 6.04 Å². The first-order valence-corrected chi connectivity index (χ1v) is 7.64. The van der Waals surface area contributed by atoms with Crippen molar-refractivity contribution < 1.29 is 14.3 Å². The van der Waals surface area contributed by atoms with Crippen molar-refractivity contribution in [1.29, 1.82) is 0 Å². The third kappa shape index (κ3) is 5.98. The smallest absolute Gasteiger partial charge is 0.328 e. The van der Waals surface area contributed by atoms with E-state index < -0.39 is 6.04 Å². The zero-order chi connectivity index (χ0) is 15.7. The van der Waals surface area contributed by atoms with Crippen LogP contribution >= 0.6 is 0 Å². The van der Waals surface area contributed by atoms with Crippen LogP contribution in [0.3, 0.4) is 0 Å². The molecule has 0 aliphatic heterocycles. The number of ether oxygens (including phenoxy) is 1. The SMILES string of the molecule is CCCCCOC(=O)[C@H](C)NC(=O)c1ccc(CC)cc1. The predicted molar refractivity (Wildman–Crippen MR) is 83.2 cm³/mol. The van der Waals surface area contributed by atoms with E-state index in [1.807, 2.05) is 12.1 Å². The number of benzene rings is 1. The van der Waals surface area contributed by atoms with Crippen LogP contribution in [0.25, 0.3) is 0 Å². The van der Waals surface area contributed by atoms with Gasteiger partial charge in [0.2, 0.25) is 0 Å². The lowest BCUT2D eigenvalue weighted by atomic mass is 10.1. The lowest BCUT2D eigenvalue weighted by Crippen LogP contribution is -2.39. The summed E-state index contributed by atoms with van der Waals surface area (Å²) in [7, 11) is 0. The lowest BCUT2D eigenvalue weighted by molar-refractivity contribution is -0.145. The first-order valence-electron chi connectivity index (χ1n) is 7.64. The van der Waals surface area contributed by atoms with Crippen molar-refractivity contribution in [3.63, 3.8) is 0 Å². The van der Waals surface area contributed by atoms with E-state index in [4.69, 9.17) is 4.74 Å². The maximum absolute atomic E-state index is 12.0. The van der Waals surface area contributed by atoms with Crippen molar-refractivity contribution in [2.24, 2.45) is 0 Å². The van der Waals surface area contributed by atoms with Crippen LogP contribution in [0.1, 0.15) is 56.0 Å². The molecule has 0 aromatic heterocycles. The maximum Gasteiger partial charge on any atom is 0.328 e. The van der Waals surface area contributed by atoms with E-state index in [9.17, 15) is 9.59 Å². The summed E-state index contributed by atoms with van der Waals surface area (Å²) in [6.07, 6.45) is 3.92. The summed E-state index contributed by atoms with van der Waals surface area (Å²) in [5.41, 5.74) is 1.73. The largest absolute Gasteiger partial charge is 0.464 e. The van der Waals surface area contributed by atoms with E-state index in [0.29, 0.717) is 12.2 Å². The molecule has 0 aliphatic rings. The third-order valence-corrected chi connectivity index (χ3v) is 3.32. The van der Waals surface area contributed by atoms with Crippen LogP contribution in [0.5, 0.6) is 0 Å². The Kier molecular flexibility index (Phi) is 7.51. The highest BCUT2D eigenvalue weighted by Gasteiger charge is 2.17. The molecule has 0 unspecified atom stereocenters. The average Bonchev–Trinajstić information content (AvgIpc) is 2.51. The van der Waals surface area contributed by atoms with Gasteiger partial charge >= 0.3 is 5.97 Å². The van der Waals surface area contributed by atoms with Gasteiger partial charge in [-0.1, -0.05) is 38.8 Å². The summed E-state index contributed by atoms with van der Waals surface area (Å²) in [6, 6.07) is 6.75. The molecule has 1 aromatic rings. The molecule has 1 aromatic carbocycles. The number of unbranched alkanes of at least 4 members (excludes halogenated alkanes) is 2. The van der Waals surface area contributed by atoms with E-state index in [2.05, 4.69) is 19.2 Å². The molecule has 0 saturated heterocycles. The van der Waals surface area contributed by atoms with Crippen LogP contribution in [0, 0.1) is 0 Å². The Bertz CT molecular complexity index is 454. The van der Waals surface area contributed by atoms with Crippen LogP contribution in [-0.4, -0.2) is 24.5 Å². The summed E-state index contributed by atoms with van der Waals surface area (Å²) < 4.78 is 5.13. The van der Waals surface area contributed by atoms with E-state index in [1.54, 1.807) is 19.1 Å². The van der Waals surface area contributed by atoms with Gasteiger partial charge < -0.3 is 10.1 Å². The maximum atomic E-state index is 12.0. The molecule has 0 spiro atoms. The molecule has 4 nitrogen and oxygen atoms in total. The second kappa shape index (κ2) is 9.16. The van der Waals surface area contributed by atoms with Gasteiger partial charge in [-0.3, -0.25) is 4.79 Å². The highest BCUT2D eigenvalue weighted by molar-refractivity contribution is 5.96. The lowest BCUT2D eigenvalue weighted by Gasteiger charge is -2.13. The van der Waals surface area contributed by atoms with Gasteiger partial charge in [0.05, 0.1) is 6.61 Å². The minimum Gasteiger partial charge on any atom is -0.464 e. The predicted octanol–water partition coefficient (Wildman–Crippen LogP) is 3.10. The van der Waals surface area contributed by atoms with Gasteiger partial charge in [-0.15, -0.1) is 0 Å². The van der Waals surface area contributed by atoms with Gasteiger partial charge in [0.15, 0.2) is 0 Å². The van der Waals surface area contributed by atoms with Crippen LogP contribution in [0.2, 0.25) is 0 Å². The van der Waals surface area contributed by atoms with Crippen molar-refractivity contribution >= 4 is 11.9 Å². The van der Waals surface area contributed by atoms with Crippen LogP contribution in [-0.2, 0) is 16.0 Å². The highest BCUT2D eigenvalue weighted by Crippen LogP contribution is 2.05. The van der Waals surface area contributed by atoms with E-state index in [0.717, 1.165) is 25.7 Å². The first kappa shape index (κ1) is 17.2. The summed E-state index contributed by atoms with van der Waals surface area (Å²) in [4.78, 5) is 23.8. The number of hydrogen-bond acceptors (Lipinski definition) is 3. The summed E-state index contributed by atoms with van der Waals surface area (Å²) in [6.45, 7) is 6.21. The molecule has 1 amide bonds. The fraction of sp³-hybridized carbons (Fsp3) is 0.529. The topological polar surface area (TPSA) is 55.4 Å². The average molecular weight is 291 g/mol. The van der Waals surface area contributed by atoms with Crippen molar-refractivity contribution in [1.82, 2.24) is 5.32 Å². The highest BCUT2D eigenvalue weighted by atomic mass is 16.5. The molecule has 4 heteroatoms. The standard InChI is InChI=1S/C17H25NO3/c1-4-6-7-12-21-17(20)13(3)18-16(19)15-10-8-14(5-2)9-11-15/h8-11,13H,4-7,12H2,1-3H3,(H,18,19)/t13-/m0/s1. The second-order valence-corrected chi connectivity index (χ2v) is 5.12. The Morgan fingerprint density at radius 3 is 2.38 bits per heavy atom. The Balaban J connectivity index is 2.43. The van der Waals surface area contributed by atoms with Crippen molar-refractivity contribution in [3.05, 3.63) is 35.4 Å². The van der Waals surface area contributed by atoms with Gasteiger partial charge in [-0.05, 0) is 37.5 Å². The monoisotopic (exact) mass is 291 g/mol. The summed E-state index contributed by atoms with van der Waals surface area (Å²) >= 11 is 0. The van der Waals surface area contributed by atoms with Crippen molar-refractivity contribution in [3.8, 4) is 0 Å². The van der Waals surface area contributed by atoms with Crippen LogP contribution < -0.4 is 5.32 Å². The van der Waals surface area contributed by atoms with E-state index in [1.165, 1.54) is 5.56 Å². The van der Waals surface area contributed by atoms with Gasteiger partial charge in [0, 0.05) is 5.56 Å². The minimum absolute atomic E-state index is 0.254. The number of carbonyl (C=O) groups is 2. The summed E-state index contributed by atoms with van der Waals surface area (Å²) in [5.74, 6) is -0.639. The Morgan fingerprint density at radius 1 is 1.14 bits per heavy atom. The van der Waals surface area contributed by atoms with Gasteiger partial charge in [0.25, 0.3) is 5.91 Å². The third-order valence-electron chi connectivity index (χ3n) is 3.32. The molecule has 0 saturated carbocycles. The summed E-state index contributed by atoms with van der Waals surface area (Å²) in [5, 5.41) is 2.66. The fourth-order valence-corrected chi connectivity index (χ4v) is 1.88. The van der Waals surface area contributed by atoms with E-state index >= 15 is 0 Å². The van der Waals surface area contributed by atoms with Gasteiger partial charge in [-0.2, -0.15) is 0 Å². The van der Waals surface area contributed by atoms with Gasteiger partial charge in [-0.25, -0.2) is 4.79 Å². The molecule has 0 fully saturated rings. The Hall–Kier alpha value is -1.84. The molecule has 1 N–H and O–H groups in total. The number of amides is 1. The van der Waals surface area contributed by atoms with Crippen LogP contribution in [0.4, 0.5) is 0 Å². The molecule has 1 atom stereocenters. The Labute approximate surface area is 126 Å². The molecule has 0 radical (unpaired) electrons. The number of carbonyl (C=O) groups excluding carboxylic acids is 2. The zero-order valence-electron chi connectivity index (χ0n) is 13.1. The quantitative estimate of drug-likeness (QED) is 0.591. The first-order chi connectivity index (χ1) is 10.1. The normalized spacial score (nSPS) is 11.8. The molecule has 116 valence electrons. The zero-order valence-corrected chi connectivity index (χ0v) is 13.1. The van der Waals surface area contributed by atoms with Crippen molar-refractivity contribution in [2.75, 3.05) is 6.61 Å². The number of rotatable bonds is 8. The minimum atomic E-state index is -0.634. The molecule has 0 bridgehead atoms. The molecular formula is C17H25NO3. The van der Waals surface area contributed by atoms with E-state index in [-0.39, 0.29) is 11.9 Å². The number of hydrogen-bond donors (Lipinski definition) is 1. The van der Waals surface area contributed by atoms with Crippen LogP contribution in [0.15, 0.2) is 24.3 Å². The number of nitrogens with one attached hydrogen (secondary N) is 1. The molecule has 1 rings (SSSR count). The molecule has 0 aliphatic carbocycles. The number of aryl methyl sites for hydroxylation is 1. The number of esters is 1. The van der Waals surface area contributed by atoms with Crippen molar-refractivity contribution in [2.45, 2.75) is 52.5 Å². The molecule has 21 heavy (non-hydrogen) atoms. The molecular weight excluding hydrogens is 266 g/mol.